The van der Waals surface area contributed by atoms with Crippen molar-refractivity contribution < 1.29 is 9.05 Å². The van der Waals surface area contributed by atoms with Crippen molar-refractivity contribution in [2.24, 2.45) is 0 Å². The van der Waals surface area contributed by atoms with E-state index in [1.807, 2.05) is 20.8 Å². The molecule has 0 aromatic rings. The van der Waals surface area contributed by atoms with E-state index in [2.05, 4.69) is 5.09 Å². The smallest absolute Gasteiger partial charge is 0.261 e. The summed E-state index contributed by atoms with van der Waals surface area (Å²) in [4.78, 5) is 0. The molecular formula is C6H16NO2PS. The molecule has 5 heteroatoms. The van der Waals surface area contributed by atoms with Crippen molar-refractivity contribution in [1.29, 1.82) is 0 Å². The molecular weight excluding hydrogens is 181 g/mol. The summed E-state index contributed by atoms with van der Waals surface area (Å²) in [6, 6.07) is 0. The molecule has 0 bridgehead atoms. The SMILES string of the molecule is CCNP(=S)(OCC)OCC. The topological polar surface area (TPSA) is 30.5 Å². The van der Waals surface area contributed by atoms with Gasteiger partial charge < -0.3 is 9.05 Å². The second-order valence-corrected chi connectivity index (χ2v) is 5.11. The van der Waals surface area contributed by atoms with Crippen molar-refractivity contribution in [3.63, 3.8) is 0 Å². The number of nitrogens with one attached hydrogen (secondary N) is 1. The Balaban J connectivity index is 3.91. The lowest BCUT2D eigenvalue weighted by Gasteiger charge is -2.20. The number of rotatable bonds is 6. The fourth-order valence-electron chi connectivity index (χ4n) is 0.662. The molecule has 0 rings (SSSR count). The number of hydrogen-bond acceptors (Lipinski definition) is 3. The van der Waals surface area contributed by atoms with E-state index in [4.69, 9.17) is 20.9 Å². The van der Waals surface area contributed by atoms with E-state index in [0.717, 1.165) is 6.54 Å². The maximum Gasteiger partial charge on any atom is 0.261 e. The Morgan fingerprint density at radius 3 is 1.91 bits per heavy atom. The Morgan fingerprint density at radius 1 is 1.18 bits per heavy atom. The first-order chi connectivity index (χ1) is 5.18. The van der Waals surface area contributed by atoms with Crippen molar-refractivity contribution in [3.8, 4) is 0 Å². The van der Waals surface area contributed by atoms with Crippen LogP contribution in [-0.2, 0) is 20.9 Å². The van der Waals surface area contributed by atoms with Crippen LogP contribution < -0.4 is 5.09 Å². The molecule has 0 atom stereocenters. The molecule has 0 aromatic carbocycles. The van der Waals surface area contributed by atoms with Crippen LogP contribution in [0.15, 0.2) is 0 Å². The van der Waals surface area contributed by atoms with Crippen molar-refractivity contribution in [2.75, 3.05) is 19.8 Å². The van der Waals surface area contributed by atoms with E-state index in [1.165, 1.54) is 0 Å². The zero-order chi connectivity index (χ0) is 8.74. The van der Waals surface area contributed by atoms with Gasteiger partial charge in [0, 0.05) is 6.54 Å². The second kappa shape index (κ2) is 6.09. The van der Waals surface area contributed by atoms with Crippen LogP contribution in [0.1, 0.15) is 20.8 Å². The van der Waals surface area contributed by atoms with Gasteiger partial charge in [0.15, 0.2) is 0 Å². The summed E-state index contributed by atoms with van der Waals surface area (Å²) < 4.78 is 10.6. The van der Waals surface area contributed by atoms with Gasteiger partial charge in [-0.25, -0.2) is 5.09 Å². The Labute approximate surface area is 73.7 Å². The summed E-state index contributed by atoms with van der Waals surface area (Å²) >= 11 is 5.15. The highest BCUT2D eigenvalue weighted by molar-refractivity contribution is 8.08. The van der Waals surface area contributed by atoms with E-state index >= 15 is 0 Å². The highest BCUT2D eigenvalue weighted by atomic mass is 32.5. The molecule has 11 heavy (non-hydrogen) atoms. The monoisotopic (exact) mass is 197 g/mol. The zero-order valence-electron chi connectivity index (χ0n) is 7.29. The van der Waals surface area contributed by atoms with E-state index in [9.17, 15) is 0 Å². The molecule has 0 saturated carbocycles. The molecule has 0 fully saturated rings. The van der Waals surface area contributed by atoms with E-state index in [1.54, 1.807) is 0 Å². The molecule has 0 unspecified atom stereocenters. The highest BCUT2D eigenvalue weighted by Gasteiger charge is 2.14. The van der Waals surface area contributed by atoms with Gasteiger partial charge in [-0.05, 0) is 25.7 Å². The molecule has 0 aromatic heterocycles. The van der Waals surface area contributed by atoms with Gasteiger partial charge >= 0.3 is 0 Å². The molecule has 0 radical (unpaired) electrons. The van der Waals surface area contributed by atoms with Gasteiger partial charge in [0.1, 0.15) is 0 Å². The van der Waals surface area contributed by atoms with Gasteiger partial charge in [-0.3, -0.25) is 0 Å². The van der Waals surface area contributed by atoms with Gasteiger partial charge in [0.2, 0.25) is 0 Å². The Kier molecular flexibility index (Phi) is 6.38. The van der Waals surface area contributed by atoms with E-state index in [0.29, 0.717) is 13.2 Å². The molecule has 68 valence electrons. The van der Waals surface area contributed by atoms with Crippen LogP contribution in [0, 0.1) is 0 Å². The van der Waals surface area contributed by atoms with Gasteiger partial charge in [0.25, 0.3) is 6.64 Å². The van der Waals surface area contributed by atoms with Crippen molar-refractivity contribution >= 4 is 18.4 Å². The van der Waals surface area contributed by atoms with Crippen LogP contribution >= 0.6 is 6.64 Å². The lowest BCUT2D eigenvalue weighted by atomic mass is 10.8. The normalized spacial score (nSPS) is 11.9. The summed E-state index contributed by atoms with van der Waals surface area (Å²) in [6.45, 7) is 5.67. The van der Waals surface area contributed by atoms with Gasteiger partial charge in [-0.1, -0.05) is 6.92 Å². The Hall–Kier alpha value is 0.530. The maximum atomic E-state index is 5.30. The Morgan fingerprint density at radius 2 is 1.64 bits per heavy atom. The van der Waals surface area contributed by atoms with Crippen LogP contribution in [0.4, 0.5) is 0 Å². The zero-order valence-corrected chi connectivity index (χ0v) is 9.00. The summed E-state index contributed by atoms with van der Waals surface area (Å²) in [5.41, 5.74) is 0. The minimum Gasteiger partial charge on any atom is -0.318 e. The third-order valence-corrected chi connectivity index (χ3v) is 3.87. The highest BCUT2D eigenvalue weighted by Crippen LogP contribution is 2.43. The van der Waals surface area contributed by atoms with E-state index in [-0.39, 0.29) is 0 Å². The van der Waals surface area contributed by atoms with Gasteiger partial charge in [0.05, 0.1) is 13.2 Å². The largest absolute Gasteiger partial charge is 0.318 e. The molecule has 0 aliphatic heterocycles. The van der Waals surface area contributed by atoms with Crippen molar-refractivity contribution in [2.45, 2.75) is 20.8 Å². The average Bonchev–Trinajstić information content (AvgIpc) is 1.88. The lowest BCUT2D eigenvalue weighted by Crippen LogP contribution is -2.13. The molecule has 3 nitrogen and oxygen atoms in total. The molecule has 0 aliphatic rings. The lowest BCUT2D eigenvalue weighted by molar-refractivity contribution is 0.259. The molecule has 0 saturated heterocycles. The minimum atomic E-state index is -2.14. The molecule has 1 N–H and O–H groups in total. The molecule has 0 heterocycles. The standard InChI is InChI=1S/C6H16NO2PS/c1-4-7-10(11,8-5-2)9-6-3/h4-6H2,1-3H3,(H,7,11). The predicted molar refractivity (Wildman–Crippen MR) is 51.2 cm³/mol. The Bertz CT molecular complexity index is 119. The minimum absolute atomic E-state index is 0.601. The first-order valence-corrected chi connectivity index (χ1v) is 6.46. The van der Waals surface area contributed by atoms with Crippen LogP contribution in [0.25, 0.3) is 0 Å². The van der Waals surface area contributed by atoms with E-state index < -0.39 is 6.64 Å². The molecule has 0 spiro atoms. The van der Waals surface area contributed by atoms with Crippen molar-refractivity contribution in [3.05, 3.63) is 0 Å². The first kappa shape index (κ1) is 11.5. The summed E-state index contributed by atoms with van der Waals surface area (Å²) in [7, 11) is 0. The van der Waals surface area contributed by atoms with Crippen LogP contribution in [0.3, 0.4) is 0 Å². The average molecular weight is 197 g/mol. The van der Waals surface area contributed by atoms with Crippen LogP contribution in [0.2, 0.25) is 0 Å². The summed E-state index contributed by atoms with van der Waals surface area (Å²) in [5.74, 6) is 0. The third-order valence-electron chi connectivity index (χ3n) is 0.950. The van der Waals surface area contributed by atoms with Crippen LogP contribution in [-0.4, -0.2) is 19.8 Å². The molecule has 0 amide bonds. The van der Waals surface area contributed by atoms with Crippen molar-refractivity contribution in [1.82, 2.24) is 5.09 Å². The molecule has 0 aliphatic carbocycles. The third kappa shape index (κ3) is 4.88. The predicted octanol–water partition coefficient (Wildman–Crippen LogP) is 1.89. The fourth-order valence-corrected chi connectivity index (χ4v) is 3.01. The van der Waals surface area contributed by atoms with Crippen LogP contribution in [0.5, 0.6) is 0 Å². The second-order valence-electron chi connectivity index (χ2n) is 1.84. The fraction of sp³-hybridized carbons (Fsp3) is 1.00. The quantitative estimate of drug-likeness (QED) is 0.659. The van der Waals surface area contributed by atoms with Gasteiger partial charge in [-0.2, -0.15) is 0 Å². The first-order valence-electron chi connectivity index (χ1n) is 3.82. The summed E-state index contributed by atoms with van der Waals surface area (Å²) in [6.07, 6.45) is 0. The van der Waals surface area contributed by atoms with Gasteiger partial charge in [-0.15, -0.1) is 0 Å². The summed E-state index contributed by atoms with van der Waals surface area (Å²) in [5, 5.41) is 3.04. The number of hydrogen-bond donors (Lipinski definition) is 1. The maximum absolute atomic E-state index is 5.30.